The Kier molecular flexibility index (Phi) is 4.32. The number of nitrogens with one attached hydrogen (secondary N) is 1. The van der Waals surface area contributed by atoms with Crippen LogP contribution in [0.25, 0.3) is 0 Å². The Bertz CT molecular complexity index is 695. The van der Waals surface area contributed by atoms with Crippen molar-refractivity contribution in [3.05, 3.63) is 41.3 Å². The molecule has 1 unspecified atom stereocenters. The second kappa shape index (κ2) is 5.82. The van der Waals surface area contributed by atoms with Crippen LogP contribution in [-0.4, -0.2) is 15.5 Å². The van der Waals surface area contributed by atoms with Crippen molar-refractivity contribution in [3.63, 3.8) is 0 Å². The van der Waals surface area contributed by atoms with E-state index < -0.39 is 16.1 Å². The summed E-state index contributed by atoms with van der Waals surface area (Å²) in [6.45, 7) is 1.77. The Morgan fingerprint density at radius 2 is 2.05 bits per heavy atom. The van der Waals surface area contributed by atoms with Crippen molar-refractivity contribution >= 4 is 27.0 Å². The Hall–Kier alpha value is -1.57. The van der Waals surface area contributed by atoms with Gasteiger partial charge in [0, 0.05) is 22.7 Å². The van der Waals surface area contributed by atoms with Gasteiger partial charge in [0.2, 0.25) is 0 Å². The lowest BCUT2D eigenvalue weighted by Crippen LogP contribution is -2.26. The van der Waals surface area contributed by atoms with Crippen molar-refractivity contribution in [1.29, 1.82) is 0 Å². The average molecular weight is 312 g/mol. The number of anilines is 1. The minimum absolute atomic E-state index is 0.205. The maximum atomic E-state index is 12.2. The molecule has 0 aliphatic carbocycles. The Balaban J connectivity index is 2.25. The maximum Gasteiger partial charge on any atom is 0.250 e. The summed E-state index contributed by atoms with van der Waals surface area (Å²) in [5.41, 5.74) is 6.79. The van der Waals surface area contributed by atoms with E-state index in [4.69, 9.17) is 10.5 Å². The van der Waals surface area contributed by atoms with Crippen LogP contribution < -0.4 is 15.2 Å². The highest BCUT2D eigenvalue weighted by molar-refractivity contribution is 7.91. The normalized spacial score (nSPS) is 13.1. The Morgan fingerprint density at radius 3 is 2.65 bits per heavy atom. The highest BCUT2D eigenvalue weighted by Gasteiger charge is 2.21. The Labute approximate surface area is 122 Å². The number of methoxy groups -OCH3 is 1. The van der Waals surface area contributed by atoms with Crippen LogP contribution in [0.4, 0.5) is 5.69 Å². The topological polar surface area (TPSA) is 81.4 Å². The molecule has 20 heavy (non-hydrogen) atoms. The quantitative estimate of drug-likeness (QED) is 0.888. The molecular weight excluding hydrogens is 296 g/mol. The molecule has 1 aromatic heterocycles. The zero-order chi connectivity index (χ0) is 14.8. The number of nitrogen functional groups attached to an aromatic ring is 1. The van der Waals surface area contributed by atoms with Crippen LogP contribution in [-0.2, 0) is 10.0 Å². The van der Waals surface area contributed by atoms with Crippen molar-refractivity contribution in [2.75, 3.05) is 12.8 Å². The summed E-state index contributed by atoms with van der Waals surface area (Å²) >= 11 is 1.10. The molecule has 0 aliphatic rings. The molecule has 1 atom stereocenters. The molecule has 0 saturated carbocycles. The van der Waals surface area contributed by atoms with Gasteiger partial charge in [-0.05, 0) is 19.1 Å². The van der Waals surface area contributed by atoms with Crippen LogP contribution in [0, 0.1) is 0 Å². The largest absolute Gasteiger partial charge is 0.496 e. The van der Waals surface area contributed by atoms with Crippen molar-refractivity contribution in [2.24, 2.45) is 0 Å². The van der Waals surface area contributed by atoms with Crippen LogP contribution in [0.2, 0.25) is 0 Å². The van der Waals surface area contributed by atoms with Gasteiger partial charge in [0.15, 0.2) is 0 Å². The van der Waals surface area contributed by atoms with Gasteiger partial charge >= 0.3 is 0 Å². The molecular formula is C13H16N2O3S2. The number of hydrogen-bond acceptors (Lipinski definition) is 5. The number of thiophene rings is 1. The minimum atomic E-state index is -3.58. The summed E-state index contributed by atoms with van der Waals surface area (Å²) in [5.74, 6) is 0.647. The monoisotopic (exact) mass is 312 g/mol. The SMILES string of the molecule is COc1ccccc1C(C)NS(=O)(=O)c1cc(N)cs1. The zero-order valence-electron chi connectivity index (χ0n) is 11.2. The zero-order valence-corrected chi connectivity index (χ0v) is 12.8. The molecule has 0 radical (unpaired) electrons. The number of benzene rings is 1. The first-order valence-electron chi connectivity index (χ1n) is 5.93. The number of nitrogens with two attached hydrogens (primary N) is 1. The van der Waals surface area contributed by atoms with E-state index in [1.165, 1.54) is 6.07 Å². The molecule has 3 N–H and O–H groups in total. The van der Waals surface area contributed by atoms with E-state index in [2.05, 4.69) is 4.72 Å². The van der Waals surface area contributed by atoms with Gasteiger partial charge in [0.05, 0.1) is 7.11 Å². The Morgan fingerprint density at radius 1 is 1.35 bits per heavy atom. The van der Waals surface area contributed by atoms with E-state index in [1.54, 1.807) is 25.5 Å². The molecule has 0 aliphatic heterocycles. The van der Waals surface area contributed by atoms with Crippen LogP contribution in [0.1, 0.15) is 18.5 Å². The van der Waals surface area contributed by atoms with E-state index in [0.29, 0.717) is 11.4 Å². The van der Waals surface area contributed by atoms with Gasteiger partial charge in [-0.1, -0.05) is 18.2 Å². The molecule has 1 heterocycles. The smallest absolute Gasteiger partial charge is 0.250 e. The first-order chi connectivity index (χ1) is 9.44. The van der Waals surface area contributed by atoms with Gasteiger partial charge < -0.3 is 10.5 Å². The van der Waals surface area contributed by atoms with Crippen LogP contribution in [0.15, 0.2) is 39.9 Å². The number of hydrogen-bond donors (Lipinski definition) is 2. The van der Waals surface area contributed by atoms with Gasteiger partial charge in [0.25, 0.3) is 10.0 Å². The lowest BCUT2D eigenvalue weighted by Gasteiger charge is -2.16. The predicted molar refractivity (Wildman–Crippen MR) is 80.5 cm³/mol. The number of sulfonamides is 1. The second-order valence-corrected chi connectivity index (χ2v) is 7.14. The number of para-hydroxylation sites is 1. The minimum Gasteiger partial charge on any atom is -0.496 e. The van der Waals surface area contributed by atoms with Crippen molar-refractivity contribution in [1.82, 2.24) is 4.72 Å². The molecule has 0 fully saturated rings. The molecule has 108 valence electrons. The molecule has 5 nitrogen and oxygen atoms in total. The first kappa shape index (κ1) is 14.8. The lowest BCUT2D eigenvalue weighted by atomic mass is 10.1. The lowest BCUT2D eigenvalue weighted by molar-refractivity contribution is 0.405. The predicted octanol–water partition coefficient (Wildman–Crippen LogP) is 2.38. The molecule has 2 rings (SSSR count). The van der Waals surface area contributed by atoms with E-state index in [1.807, 2.05) is 18.2 Å². The van der Waals surface area contributed by atoms with Gasteiger partial charge in [-0.25, -0.2) is 13.1 Å². The first-order valence-corrected chi connectivity index (χ1v) is 8.29. The fourth-order valence-electron chi connectivity index (χ4n) is 1.85. The summed E-state index contributed by atoms with van der Waals surface area (Å²) < 4.78 is 32.5. The highest BCUT2D eigenvalue weighted by Crippen LogP contribution is 2.27. The molecule has 7 heteroatoms. The summed E-state index contributed by atoms with van der Waals surface area (Å²) in [7, 11) is -2.02. The van der Waals surface area contributed by atoms with Crippen molar-refractivity contribution in [2.45, 2.75) is 17.2 Å². The van der Waals surface area contributed by atoms with E-state index >= 15 is 0 Å². The van der Waals surface area contributed by atoms with Gasteiger partial charge in [-0.2, -0.15) is 0 Å². The third-order valence-electron chi connectivity index (χ3n) is 2.80. The van der Waals surface area contributed by atoms with E-state index in [9.17, 15) is 8.42 Å². The van der Waals surface area contributed by atoms with E-state index in [-0.39, 0.29) is 4.21 Å². The third kappa shape index (κ3) is 3.12. The molecule has 0 saturated heterocycles. The summed E-state index contributed by atoms with van der Waals surface area (Å²) in [5, 5.41) is 1.60. The van der Waals surface area contributed by atoms with E-state index in [0.717, 1.165) is 16.9 Å². The summed E-state index contributed by atoms with van der Waals surface area (Å²) in [4.78, 5) is 0. The molecule has 0 spiro atoms. The average Bonchev–Trinajstić information content (AvgIpc) is 2.85. The molecule has 0 amide bonds. The van der Waals surface area contributed by atoms with Crippen molar-refractivity contribution in [3.8, 4) is 5.75 Å². The number of ether oxygens (including phenoxy) is 1. The standard InChI is InChI=1S/C13H16N2O3S2/c1-9(11-5-3-4-6-12(11)18-2)15-20(16,17)13-7-10(14)8-19-13/h3-9,15H,14H2,1-2H3. The fraction of sp³-hybridized carbons (Fsp3) is 0.231. The van der Waals surface area contributed by atoms with Crippen LogP contribution in [0.5, 0.6) is 5.75 Å². The van der Waals surface area contributed by atoms with Crippen LogP contribution >= 0.6 is 11.3 Å². The van der Waals surface area contributed by atoms with Gasteiger partial charge in [0.1, 0.15) is 9.96 Å². The third-order valence-corrected chi connectivity index (χ3v) is 5.80. The molecule has 1 aromatic carbocycles. The second-order valence-electron chi connectivity index (χ2n) is 4.28. The molecule has 2 aromatic rings. The van der Waals surface area contributed by atoms with Gasteiger partial charge in [-0.3, -0.25) is 0 Å². The molecule has 0 bridgehead atoms. The summed E-state index contributed by atoms with van der Waals surface area (Å²) in [6, 6.07) is 8.34. The maximum absolute atomic E-state index is 12.2. The van der Waals surface area contributed by atoms with Gasteiger partial charge in [-0.15, -0.1) is 11.3 Å². The fourth-order valence-corrected chi connectivity index (χ4v) is 4.17. The summed E-state index contributed by atoms with van der Waals surface area (Å²) in [6.07, 6.45) is 0. The number of rotatable bonds is 5. The van der Waals surface area contributed by atoms with Crippen LogP contribution in [0.3, 0.4) is 0 Å². The highest BCUT2D eigenvalue weighted by atomic mass is 32.2. The van der Waals surface area contributed by atoms with Crippen molar-refractivity contribution < 1.29 is 13.2 Å².